The summed E-state index contributed by atoms with van der Waals surface area (Å²) in [6, 6.07) is 4.06. The number of hydrogen-bond acceptors (Lipinski definition) is 1. The fraction of sp³-hybridized carbons (Fsp3) is 0.273. The Morgan fingerprint density at radius 3 is 2.93 bits per heavy atom. The molecule has 0 N–H and O–H groups in total. The Hall–Kier alpha value is -0.470. The van der Waals surface area contributed by atoms with Gasteiger partial charge >= 0.3 is 0 Å². The molecule has 0 radical (unpaired) electrons. The van der Waals surface area contributed by atoms with Crippen molar-refractivity contribution in [1.82, 2.24) is 0 Å². The summed E-state index contributed by atoms with van der Waals surface area (Å²) in [6.07, 6.45) is 1.04. The van der Waals surface area contributed by atoms with Crippen molar-refractivity contribution < 1.29 is 0 Å². The van der Waals surface area contributed by atoms with Gasteiger partial charge in [0.25, 0.3) is 0 Å². The van der Waals surface area contributed by atoms with E-state index in [0.29, 0.717) is 0 Å². The molecule has 0 amide bonds. The Labute approximate surface area is 97.5 Å². The van der Waals surface area contributed by atoms with E-state index in [4.69, 9.17) is 11.6 Å². The summed E-state index contributed by atoms with van der Waals surface area (Å²) in [4.78, 5) is 2.17. The molecule has 0 atom stereocenters. The minimum atomic E-state index is 0.801. The number of fused-ring (bicyclic) bond motifs is 1. The third kappa shape index (κ3) is 1.57. The number of allylic oxidation sites excluding steroid dienone is 1. The summed E-state index contributed by atoms with van der Waals surface area (Å²) in [5.41, 5.74) is 3.47. The predicted octanol–water partition coefficient (Wildman–Crippen LogP) is 4.00. The van der Waals surface area contributed by atoms with E-state index in [1.807, 2.05) is 13.0 Å². The van der Waals surface area contributed by atoms with Crippen molar-refractivity contribution >= 4 is 33.2 Å². The van der Waals surface area contributed by atoms with Crippen LogP contribution in [0.4, 0.5) is 5.69 Å². The first kappa shape index (κ1) is 10.1. The lowest BCUT2D eigenvalue weighted by molar-refractivity contribution is 0.948. The molecule has 0 saturated carbocycles. The van der Waals surface area contributed by atoms with Crippen LogP contribution in [-0.4, -0.2) is 6.54 Å². The zero-order chi connectivity index (χ0) is 10.3. The molecule has 0 unspecified atom stereocenters. The smallest absolute Gasteiger partial charge is 0.0657 e. The number of nitrogens with zero attached hydrogens (tertiary/aromatic N) is 1. The highest BCUT2D eigenvalue weighted by molar-refractivity contribution is 9.10. The van der Waals surface area contributed by atoms with Gasteiger partial charge in [0.05, 0.1) is 10.7 Å². The number of hydrogen-bond donors (Lipinski definition) is 0. The molecule has 1 nitrogen and oxygen atoms in total. The van der Waals surface area contributed by atoms with Gasteiger partial charge in [-0.1, -0.05) is 34.1 Å². The largest absolute Gasteiger partial charge is 0.344 e. The van der Waals surface area contributed by atoms with Crippen molar-refractivity contribution in [3.63, 3.8) is 0 Å². The first-order valence-corrected chi connectivity index (χ1v) is 5.67. The van der Waals surface area contributed by atoms with E-state index in [1.165, 1.54) is 5.56 Å². The first-order chi connectivity index (χ1) is 6.59. The molecular weight excluding hydrogens is 261 g/mol. The van der Waals surface area contributed by atoms with Gasteiger partial charge in [-0.05, 0) is 31.0 Å². The van der Waals surface area contributed by atoms with Crippen LogP contribution in [0.5, 0.6) is 0 Å². The van der Waals surface area contributed by atoms with E-state index in [0.717, 1.165) is 33.8 Å². The molecule has 3 heteroatoms. The Morgan fingerprint density at radius 2 is 2.29 bits per heavy atom. The Kier molecular flexibility index (Phi) is 2.58. The summed E-state index contributed by atoms with van der Waals surface area (Å²) >= 11 is 9.65. The van der Waals surface area contributed by atoms with Gasteiger partial charge in [0.15, 0.2) is 0 Å². The van der Waals surface area contributed by atoms with Crippen molar-refractivity contribution in [3.8, 4) is 0 Å². The van der Waals surface area contributed by atoms with Gasteiger partial charge in [0.2, 0.25) is 0 Å². The molecule has 1 aliphatic heterocycles. The highest BCUT2D eigenvalue weighted by atomic mass is 79.9. The molecule has 1 heterocycles. The second-order valence-electron chi connectivity index (χ2n) is 3.53. The monoisotopic (exact) mass is 271 g/mol. The molecule has 2 rings (SSSR count). The van der Waals surface area contributed by atoms with Gasteiger partial charge in [-0.25, -0.2) is 0 Å². The average Bonchev–Trinajstić information content (AvgIpc) is 2.47. The van der Waals surface area contributed by atoms with Gasteiger partial charge in [0, 0.05) is 16.7 Å². The van der Waals surface area contributed by atoms with E-state index in [-0.39, 0.29) is 0 Å². The van der Waals surface area contributed by atoms with E-state index in [2.05, 4.69) is 33.5 Å². The highest BCUT2D eigenvalue weighted by Crippen LogP contribution is 2.39. The topological polar surface area (TPSA) is 3.24 Å². The van der Waals surface area contributed by atoms with Crippen LogP contribution in [0.3, 0.4) is 0 Å². The zero-order valence-corrected chi connectivity index (χ0v) is 10.3. The lowest BCUT2D eigenvalue weighted by Crippen LogP contribution is -2.16. The summed E-state index contributed by atoms with van der Waals surface area (Å²) < 4.78 is 1.05. The van der Waals surface area contributed by atoms with Crippen molar-refractivity contribution in [2.24, 2.45) is 0 Å². The maximum Gasteiger partial charge on any atom is 0.0657 e. The molecule has 0 fully saturated rings. The molecule has 1 aromatic carbocycles. The van der Waals surface area contributed by atoms with Gasteiger partial charge in [0.1, 0.15) is 0 Å². The molecule has 1 aliphatic rings. The third-order valence-electron chi connectivity index (χ3n) is 2.44. The number of rotatable bonds is 1. The number of anilines is 1. The van der Waals surface area contributed by atoms with Crippen LogP contribution >= 0.6 is 27.5 Å². The van der Waals surface area contributed by atoms with E-state index < -0.39 is 0 Å². The Morgan fingerprint density at radius 1 is 1.57 bits per heavy atom. The van der Waals surface area contributed by atoms with Crippen LogP contribution < -0.4 is 4.90 Å². The molecule has 74 valence electrons. The molecule has 0 aromatic heterocycles. The molecule has 0 bridgehead atoms. The van der Waals surface area contributed by atoms with Crippen LogP contribution in [0.1, 0.15) is 12.5 Å². The maximum atomic E-state index is 6.20. The quantitative estimate of drug-likeness (QED) is 0.747. The summed E-state index contributed by atoms with van der Waals surface area (Å²) in [5, 5.41) is 0.801. The molecule has 0 aliphatic carbocycles. The fourth-order valence-electron chi connectivity index (χ4n) is 1.84. The molecular formula is C11H11BrClN. The normalized spacial score (nSPS) is 14.4. The SMILES string of the molecule is C=C(C)N1CCc2cc(Br)cc(Cl)c21. The van der Waals surface area contributed by atoms with Crippen LogP contribution in [-0.2, 0) is 6.42 Å². The maximum absolute atomic E-state index is 6.20. The van der Waals surface area contributed by atoms with Crippen molar-refractivity contribution in [2.75, 3.05) is 11.4 Å². The summed E-state index contributed by atoms with van der Waals surface area (Å²) in [6.45, 7) is 6.95. The third-order valence-corrected chi connectivity index (χ3v) is 3.19. The predicted molar refractivity (Wildman–Crippen MR) is 65.0 cm³/mol. The lowest BCUT2D eigenvalue weighted by Gasteiger charge is -2.20. The van der Waals surface area contributed by atoms with E-state index in [9.17, 15) is 0 Å². The first-order valence-electron chi connectivity index (χ1n) is 4.50. The van der Waals surface area contributed by atoms with E-state index >= 15 is 0 Å². The van der Waals surface area contributed by atoms with Crippen LogP contribution in [0.25, 0.3) is 0 Å². The second-order valence-corrected chi connectivity index (χ2v) is 4.86. The van der Waals surface area contributed by atoms with Crippen molar-refractivity contribution in [1.29, 1.82) is 0 Å². The molecule has 0 spiro atoms. The van der Waals surface area contributed by atoms with Gasteiger partial charge < -0.3 is 4.90 Å². The van der Waals surface area contributed by atoms with Crippen molar-refractivity contribution in [2.45, 2.75) is 13.3 Å². The zero-order valence-electron chi connectivity index (χ0n) is 7.98. The lowest BCUT2D eigenvalue weighted by atomic mass is 10.2. The van der Waals surface area contributed by atoms with Crippen LogP contribution in [0.15, 0.2) is 28.9 Å². The minimum absolute atomic E-state index is 0.801. The average molecular weight is 273 g/mol. The number of benzene rings is 1. The molecule has 0 saturated heterocycles. The van der Waals surface area contributed by atoms with Gasteiger partial charge in [-0.15, -0.1) is 0 Å². The minimum Gasteiger partial charge on any atom is -0.344 e. The second kappa shape index (κ2) is 3.59. The van der Waals surface area contributed by atoms with Crippen molar-refractivity contribution in [3.05, 3.63) is 39.5 Å². The molecule has 14 heavy (non-hydrogen) atoms. The highest BCUT2D eigenvalue weighted by Gasteiger charge is 2.22. The fourth-order valence-corrected chi connectivity index (χ4v) is 2.82. The van der Waals surface area contributed by atoms with Gasteiger partial charge in [-0.2, -0.15) is 0 Å². The molecule has 1 aromatic rings. The van der Waals surface area contributed by atoms with Crippen LogP contribution in [0.2, 0.25) is 5.02 Å². The Bertz CT molecular complexity index is 401. The number of halogens is 2. The summed E-state index contributed by atoms with van der Waals surface area (Å²) in [5.74, 6) is 0. The summed E-state index contributed by atoms with van der Waals surface area (Å²) in [7, 11) is 0. The van der Waals surface area contributed by atoms with Crippen LogP contribution in [0, 0.1) is 0 Å². The standard InChI is InChI=1S/C11H11BrClN/c1-7(2)14-4-3-8-5-9(12)6-10(13)11(8)14/h5-6H,1,3-4H2,2H3. The van der Waals surface area contributed by atoms with Gasteiger partial charge in [-0.3, -0.25) is 0 Å². The van der Waals surface area contributed by atoms with E-state index in [1.54, 1.807) is 0 Å². The Balaban J connectivity index is 2.54.